The summed E-state index contributed by atoms with van der Waals surface area (Å²) in [6, 6.07) is 0. The number of allylic oxidation sites excluding steroid dienone is 2. The Morgan fingerprint density at radius 2 is 1.61 bits per heavy atom. The summed E-state index contributed by atoms with van der Waals surface area (Å²) >= 11 is 0. The van der Waals surface area contributed by atoms with Crippen LogP contribution in [-0.4, -0.2) is 39.9 Å². The number of rotatable bonds is 3. The van der Waals surface area contributed by atoms with E-state index in [4.69, 9.17) is 20.3 Å². The minimum atomic E-state index is -1.31. The van der Waals surface area contributed by atoms with Crippen molar-refractivity contribution in [2.24, 2.45) is 17.8 Å². The zero-order chi connectivity index (χ0) is 27.9. The molecular formula is C33H34MgN4O3-2. The molecule has 3 aliphatic rings. The van der Waals surface area contributed by atoms with Crippen LogP contribution in [0.25, 0.3) is 35.2 Å². The van der Waals surface area contributed by atoms with Gasteiger partial charge in [0.05, 0.1) is 0 Å². The molecule has 41 heavy (non-hydrogen) atoms. The van der Waals surface area contributed by atoms with E-state index in [-0.39, 0.29) is 42.3 Å². The molecule has 5 heterocycles. The second-order valence-electron chi connectivity index (χ2n) is 10.8. The molecule has 6 rings (SSSR count). The number of aliphatic carboxylic acids is 1. The number of hydrogen-bond donors (Lipinski definition) is 1. The van der Waals surface area contributed by atoms with Crippen LogP contribution < -0.4 is 25.7 Å². The monoisotopic (exact) mass is 558 g/mol. The molecule has 1 aliphatic carbocycles. The van der Waals surface area contributed by atoms with Crippen molar-refractivity contribution in [3.8, 4) is 0 Å². The molecule has 2 aliphatic heterocycles. The van der Waals surface area contributed by atoms with E-state index in [0.29, 0.717) is 33.8 Å². The quantitative estimate of drug-likeness (QED) is 0.381. The van der Waals surface area contributed by atoms with E-state index in [0.717, 1.165) is 56.5 Å². The van der Waals surface area contributed by atoms with Crippen LogP contribution in [0.4, 0.5) is 0 Å². The molecule has 1 saturated heterocycles. The van der Waals surface area contributed by atoms with E-state index in [1.807, 2.05) is 45.1 Å². The topological polar surface area (TPSA) is 111 Å². The van der Waals surface area contributed by atoms with Crippen molar-refractivity contribution in [3.63, 3.8) is 0 Å². The number of nitrogens with zero attached hydrogens (tertiary/aromatic N) is 4. The standard InChI is InChI=1S/C32H32N4O3.CH4.Mg/c1-8-18-15(5)21-10-20-13(3)14(4)29(35-20)27-28(32(38)39)31(37)26-17(7)23(36-30(26)27)12-25-19(9-2)16(6)22(34-25)11-24(18)33-21;;/h8,10-14,28H,1,9H2,2-7H3,(H3,35,36,37,38,39);1H4;/q-2;;+2/p-2/b20-10-,22-11-,25-12-;;/t13-,14-,28+;;/m0../s1. The Morgan fingerprint density at radius 1 is 0.951 bits per heavy atom. The third kappa shape index (κ3) is 4.30. The Hall–Kier alpha value is -3.49. The molecule has 0 amide bonds. The molecule has 8 heteroatoms. The maximum atomic E-state index is 13.6. The van der Waals surface area contributed by atoms with Crippen molar-refractivity contribution in [1.29, 1.82) is 0 Å². The fourth-order valence-electron chi connectivity index (χ4n) is 6.27. The van der Waals surface area contributed by atoms with Crippen molar-refractivity contribution in [1.82, 2.24) is 15.0 Å². The third-order valence-corrected chi connectivity index (χ3v) is 8.78. The van der Waals surface area contributed by atoms with Crippen molar-refractivity contribution in [3.05, 3.63) is 90.1 Å². The van der Waals surface area contributed by atoms with Gasteiger partial charge in [-0.05, 0) is 44.6 Å². The first-order valence-electron chi connectivity index (χ1n) is 13.3. The van der Waals surface area contributed by atoms with Crippen molar-refractivity contribution in [2.75, 3.05) is 0 Å². The zero-order valence-corrected chi connectivity index (χ0v) is 25.1. The number of hydrogen-bond acceptors (Lipinski definition) is 2. The second kappa shape index (κ2) is 10.7. The summed E-state index contributed by atoms with van der Waals surface area (Å²) in [4.78, 5) is 40.8. The number of carboxylic acid groups (broad SMARTS) is 1. The molecule has 0 radical (unpaired) electrons. The number of aromatic nitrogens is 3. The molecule has 0 unspecified atom stereocenters. The van der Waals surface area contributed by atoms with Crippen LogP contribution in [0.3, 0.4) is 0 Å². The van der Waals surface area contributed by atoms with Gasteiger partial charge in [0.25, 0.3) is 0 Å². The number of carbonyl (C=O) groups excluding carboxylic acids is 1. The molecule has 1 N–H and O–H groups in total. The van der Waals surface area contributed by atoms with Gasteiger partial charge >= 0.3 is 29.0 Å². The maximum absolute atomic E-state index is 13.6. The van der Waals surface area contributed by atoms with Gasteiger partial charge in [-0.3, -0.25) is 9.59 Å². The third-order valence-electron chi connectivity index (χ3n) is 8.78. The van der Waals surface area contributed by atoms with Gasteiger partial charge in [-0.15, -0.1) is 33.5 Å². The number of ketones is 1. The molecule has 7 nitrogen and oxygen atoms in total. The molecule has 3 aromatic heterocycles. The van der Waals surface area contributed by atoms with Crippen LogP contribution in [0.1, 0.15) is 89.1 Å². The summed E-state index contributed by atoms with van der Waals surface area (Å²) in [5.41, 5.74) is 9.67. The largest absolute Gasteiger partial charge is 2.00 e. The molecule has 208 valence electrons. The van der Waals surface area contributed by atoms with Gasteiger partial charge in [-0.2, -0.15) is 11.4 Å². The predicted molar refractivity (Wildman–Crippen MR) is 164 cm³/mol. The summed E-state index contributed by atoms with van der Waals surface area (Å²) in [5.74, 6) is -3.01. The number of fused-ring (bicyclic) bond motifs is 7. The van der Waals surface area contributed by atoms with Crippen LogP contribution in [0.2, 0.25) is 0 Å². The van der Waals surface area contributed by atoms with E-state index in [9.17, 15) is 14.7 Å². The minimum Gasteiger partial charge on any atom is -0.664 e. The molecule has 3 atom stereocenters. The zero-order valence-electron chi connectivity index (χ0n) is 23.7. The van der Waals surface area contributed by atoms with Gasteiger partial charge in [0.1, 0.15) is 5.92 Å². The van der Waals surface area contributed by atoms with Crippen molar-refractivity contribution < 1.29 is 14.7 Å². The minimum absolute atomic E-state index is 0. The second-order valence-corrected chi connectivity index (χ2v) is 10.8. The maximum Gasteiger partial charge on any atom is 2.00 e. The van der Waals surface area contributed by atoms with E-state index in [1.54, 1.807) is 0 Å². The summed E-state index contributed by atoms with van der Waals surface area (Å²) in [6.45, 7) is 16.1. The normalized spacial score (nSPS) is 25.1. The summed E-state index contributed by atoms with van der Waals surface area (Å²) in [6.07, 6.45) is 8.51. The van der Waals surface area contributed by atoms with Crippen LogP contribution in [-0.2, 0) is 11.2 Å². The first-order valence-corrected chi connectivity index (χ1v) is 13.3. The predicted octanol–water partition coefficient (Wildman–Crippen LogP) is 4.22. The van der Waals surface area contributed by atoms with Crippen LogP contribution >= 0.6 is 0 Å². The molecule has 1 fully saturated rings. The smallest absolute Gasteiger partial charge is 0.664 e. The number of Topliss-reactive ketones (excluding diaryl/α,β-unsaturated/α-hetero) is 1. The van der Waals surface area contributed by atoms with Gasteiger partial charge in [-0.25, -0.2) is 0 Å². The Kier molecular flexibility index (Phi) is 7.97. The molecule has 0 saturated carbocycles. The van der Waals surface area contributed by atoms with E-state index in [1.165, 1.54) is 0 Å². The fraction of sp³-hybridized carbons (Fsp3) is 0.333. The first-order chi connectivity index (χ1) is 18.6. The van der Waals surface area contributed by atoms with E-state index < -0.39 is 17.7 Å². The van der Waals surface area contributed by atoms with Gasteiger partial charge in [0.2, 0.25) is 0 Å². The average Bonchev–Trinajstić information content (AvgIpc) is 3.62. The van der Waals surface area contributed by atoms with Gasteiger partial charge in [-0.1, -0.05) is 86.9 Å². The SMILES string of the molecule is C.C=Cc1c2[n-]c(c1C)/C=C1\[N-]/C(=C3\c4[n-]c(c(C)c4C(=O)[C@@H]3C(=O)O)/C=c3\[n-]/c(c(C)c3CC)=C\2)[C@@H](C)[C@@H]1C.[Mg+2]. The van der Waals surface area contributed by atoms with Crippen LogP contribution in [0.5, 0.6) is 0 Å². The Balaban J connectivity index is 0.00000194. The first kappa shape index (κ1) is 30.5. The van der Waals surface area contributed by atoms with Crippen molar-refractivity contribution >= 4 is 64.7 Å². The van der Waals surface area contributed by atoms with Crippen molar-refractivity contribution in [2.45, 2.75) is 55.4 Å². The summed E-state index contributed by atoms with van der Waals surface area (Å²) in [7, 11) is 0. The van der Waals surface area contributed by atoms with E-state index in [2.05, 4.69) is 27.4 Å². The van der Waals surface area contributed by atoms with Gasteiger partial charge in [0.15, 0.2) is 5.78 Å². The van der Waals surface area contributed by atoms with Crippen LogP contribution in [0.15, 0.2) is 18.0 Å². The Morgan fingerprint density at radius 3 is 2.24 bits per heavy atom. The fourth-order valence-corrected chi connectivity index (χ4v) is 6.27. The van der Waals surface area contributed by atoms with E-state index >= 15 is 0 Å². The molecule has 0 spiro atoms. The van der Waals surface area contributed by atoms with Gasteiger partial charge in [0, 0.05) is 5.56 Å². The Bertz CT molecular complexity index is 1810. The molecule has 0 aromatic carbocycles. The van der Waals surface area contributed by atoms with Crippen LogP contribution in [0, 0.1) is 38.5 Å². The Labute approximate surface area is 256 Å². The average molecular weight is 559 g/mol. The van der Waals surface area contributed by atoms with Gasteiger partial charge < -0.3 is 25.4 Å². The molecular weight excluding hydrogens is 525 g/mol. The molecule has 8 bridgehead atoms. The summed E-state index contributed by atoms with van der Waals surface area (Å²) in [5, 5.41) is 16.7. The number of carboxylic acids is 1. The number of carbonyl (C=O) groups is 2. The summed E-state index contributed by atoms with van der Waals surface area (Å²) < 4.78 is 0. The molecule has 3 aromatic rings.